The smallest absolute Gasteiger partial charge is 0.0207 e. The summed E-state index contributed by atoms with van der Waals surface area (Å²) in [6, 6.07) is 49.0. The van der Waals surface area contributed by atoms with Crippen LogP contribution in [0.25, 0.3) is 65.7 Å². The Labute approximate surface area is 220 Å². The van der Waals surface area contributed by atoms with Crippen molar-refractivity contribution in [1.82, 2.24) is 0 Å². The molecule has 0 nitrogen and oxygen atoms in total. The first-order valence-electron chi connectivity index (χ1n) is 12.7. The predicted octanol–water partition coefficient (Wildman–Crippen LogP) is 10.6. The lowest BCUT2D eigenvalue weighted by molar-refractivity contribution is 1.39. The van der Waals surface area contributed by atoms with E-state index in [2.05, 4.69) is 133 Å². The minimum atomic E-state index is 1.25. The molecular formula is C36H22S. The summed E-state index contributed by atoms with van der Waals surface area (Å²) in [6.45, 7) is 0. The van der Waals surface area contributed by atoms with Gasteiger partial charge in [-0.25, -0.2) is 0 Å². The average molecular weight is 487 g/mol. The summed E-state index contributed by atoms with van der Waals surface area (Å²) in [5.74, 6) is 0. The van der Waals surface area contributed by atoms with E-state index >= 15 is 0 Å². The molecule has 37 heavy (non-hydrogen) atoms. The monoisotopic (exact) mass is 486 g/mol. The van der Waals surface area contributed by atoms with Crippen molar-refractivity contribution in [2.24, 2.45) is 0 Å². The molecular weight excluding hydrogens is 464 g/mol. The Balaban J connectivity index is 1.35. The van der Waals surface area contributed by atoms with Crippen LogP contribution in [0.3, 0.4) is 0 Å². The molecule has 0 radical (unpaired) electrons. The van der Waals surface area contributed by atoms with E-state index in [-0.39, 0.29) is 0 Å². The van der Waals surface area contributed by atoms with Crippen LogP contribution in [0.5, 0.6) is 0 Å². The molecule has 8 rings (SSSR count). The van der Waals surface area contributed by atoms with Gasteiger partial charge in [0.1, 0.15) is 0 Å². The van der Waals surface area contributed by atoms with Crippen LogP contribution in [-0.4, -0.2) is 0 Å². The van der Waals surface area contributed by atoms with Gasteiger partial charge in [0.25, 0.3) is 0 Å². The Morgan fingerprint density at radius 3 is 2.00 bits per heavy atom. The van der Waals surface area contributed by atoms with E-state index in [0.717, 1.165) is 0 Å². The first-order valence-corrected chi connectivity index (χ1v) is 13.5. The van der Waals surface area contributed by atoms with Gasteiger partial charge in [-0.1, -0.05) is 127 Å². The van der Waals surface area contributed by atoms with Crippen molar-refractivity contribution in [1.29, 1.82) is 0 Å². The van der Waals surface area contributed by atoms with Crippen LogP contribution in [0, 0.1) is 0 Å². The Bertz CT molecular complexity index is 2010. The summed E-state index contributed by atoms with van der Waals surface area (Å²) < 4.78 is 0. The minimum absolute atomic E-state index is 1.25. The van der Waals surface area contributed by atoms with E-state index < -0.39 is 0 Å². The highest BCUT2D eigenvalue weighted by Gasteiger charge is 2.20. The van der Waals surface area contributed by atoms with Gasteiger partial charge in [-0.15, -0.1) is 0 Å². The minimum Gasteiger partial charge on any atom is -0.0888 e. The molecule has 7 aromatic carbocycles. The second-order valence-electron chi connectivity index (χ2n) is 9.71. The largest absolute Gasteiger partial charge is 0.0888 e. The van der Waals surface area contributed by atoms with E-state index in [4.69, 9.17) is 0 Å². The zero-order valence-electron chi connectivity index (χ0n) is 20.1. The molecule has 172 valence electrons. The molecule has 0 saturated carbocycles. The fourth-order valence-electron chi connectivity index (χ4n) is 5.98. The summed E-state index contributed by atoms with van der Waals surface area (Å²) in [7, 11) is 0. The molecule has 0 atom stereocenters. The summed E-state index contributed by atoms with van der Waals surface area (Å²) in [6.07, 6.45) is 0. The van der Waals surface area contributed by atoms with Crippen molar-refractivity contribution in [3.05, 3.63) is 133 Å². The second kappa shape index (κ2) is 8.09. The first-order chi connectivity index (χ1) is 18.3. The third-order valence-electron chi connectivity index (χ3n) is 7.67. The lowest BCUT2D eigenvalue weighted by atomic mass is 9.89. The zero-order valence-corrected chi connectivity index (χ0v) is 20.9. The normalized spacial score (nSPS) is 12.2. The van der Waals surface area contributed by atoms with Crippen molar-refractivity contribution in [3.63, 3.8) is 0 Å². The maximum Gasteiger partial charge on any atom is 0.0207 e. The maximum absolute atomic E-state index is 2.40. The van der Waals surface area contributed by atoms with Gasteiger partial charge in [-0.05, 0) is 78.5 Å². The fraction of sp³-hybridized carbons (Fsp3) is 0. The molecule has 0 aliphatic carbocycles. The fourth-order valence-corrected chi connectivity index (χ4v) is 7.10. The topological polar surface area (TPSA) is 0 Å². The molecule has 7 aromatic rings. The van der Waals surface area contributed by atoms with Crippen LogP contribution in [0.2, 0.25) is 0 Å². The molecule has 0 spiro atoms. The molecule has 0 amide bonds. The Kier molecular flexibility index (Phi) is 4.55. The van der Waals surface area contributed by atoms with Gasteiger partial charge in [-0.2, -0.15) is 0 Å². The average Bonchev–Trinajstić information content (AvgIpc) is 2.97. The van der Waals surface area contributed by atoms with Crippen LogP contribution < -0.4 is 0 Å². The van der Waals surface area contributed by atoms with Crippen LogP contribution in [0.1, 0.15) is 0 Å². The molecule has 0 saturated heterocycles. The molecule has 0 N–H and O–H groups in total. The number of benzene rings is 7. The van der Waals surface area contributed by atoms with Crippen molar-refractivity contribution < 1.29 is 0 Å². The quantitative estimate of drug-likeness (QED) is 0.219. The van der Waals surface area contributed by atoms with Crippen LogP contribution in [-0.2, 0) is 0 Å². The van der Waals surface area contributed by atoms with Crippen LogP contribution in [0.4, 0.5) is 0 Å². The molecule has 0 fully saturated rings. The molecule has 1 heterocycles. The maximum atomic E-state index is 2.40. The number of rotatable bonds is 2. The third kappa shape index (κ3) is 3.18. The SMILES string of the molecule is c1ccc(-c2cccc3c2ccc2ccccc23)c(-c2ccc3c(c2)-c2cccc4cccc(c24)S3)c1. The van der Waals surface area contributed by atoms with Crippen molar-refractivity contribution in [2.75, 3.05) is 0 Å². The zero-order chi connectivity index (χ0) is 24.3. The molecule has 0 bridgehead atoms. The molecule has 1 heteroatoms. The van der Waals surface area contributed by atoms with E-state index in [9.17, 15) is 0 Å². The number of fused-ring (bicyclic) bond motifs is 5. The number of hydrogen-bond donors (Lipinski definition) is 0. The van der Waals surface area contributed by atoms with Crippen molar-refractivity contribution >= 4 is 44.1 Å². The number of hydrogen-bond acceptors (Lipinski definition) is 1. The van der Waals surface area contributed by atoms with Gasteiger partial charge in [0.05, 0.1) is 0 Å². The van der Waals surface area contributed by atoms with E-state index in [0.29, 0.717) is 0 Å². The standard InChI is InChI=1S/C36H22S/c1-2-11-26-23(8-1)18-20-31-29(26)14-7-15-30(31)28-13-4-3-12-27(28)25-19-21-34-33(22-25)32-16-5-9-24-10-6-17-35(37-34)36(24)32/h1-22H. The van der Waals surface area contributed by atoms with Crippen molar-refractivity contribution in [2.45, 2.75) is 9.79 Å². The highest BCUT2D eigenvalue weighted by atomic mass is 32.2. The van der Waals surface area contributed by atoms with Crippen LogP contribution >= 0.6 is 11.8 Å². The molecule has 0 unspecified atom stereocenters. The Morgan fingerprint density at radius 2 is 1.05 bits per heavy atom. The van der Waals surface area contributed by atoms with Gasteiger partial charge in [0.2, 0.25) is 0 Å². The van der Waals surface area contributed by atoms with Gasteiger partial charge in [-0.3, -0.25) is 0 Å². The van der Waals surface area contributed by atoms with Gasteiger partial charge in [0, 0.05) is 15.2 Å². The van der Waals surface area contributed by atoms with E-state index in [1.54, 1.807) is 0 Å². The molecule has 0 aromatic heterocycles. The Morgan fingerprint density at radius 1 is 0.351 bits per heavy atom. The highest BCUT2D eigenvalue weighted by molar-refractivity contribution is 7.99. The van der Waals surface area contributed by atoms with Crippen LogP contribution in [0.15, 0.2) is 143 Å². The van der Waals surface area contributed by atoms with E-state index in [1.807, 2.05) is 11.8 Å². The van der Waals surface area contributed by atoms with E-state index in [1.165, 1.54) is 75.5 Å². The highest BCUT2D eigenvalue weighted by Crippen LogP contribution is 2.49. The second-order valence-corrected chi connectivity index (χ2v) is 10.8. The first kappa shape index (κ1) is 20.8. The van der Waals surface area contributed by atoms with Gasteiger partial charge in [0.15, 0.2) is 0 Å². The lowest BCUT2D eigenvalue weighted by Crippen LogP contribution is -1.94. The van der Waals surface area contributed by atoms with Gasteiger partial charge >= 0.3 is 0 Å². The predicted molar refractivity (Wildman–Crippen MR) is 159 cm³/mol. The summed E-state index contributed by atoms with van der Waals surface area (Å²) in [4.78, 5) is 2.67. The summed E-state index contributed by atoms with van der Waals surface area (Å²) in [5, 5.41) is 7.85. The van der Waals surface area contributed by atoms with Crippen molar-refractivity contribution in [3.8, 4) is 33.4 Å². The molecule has 1 aliphatic rings. The molecule has 1 aliphatic heterocycles. The Hall–Kier alpha value is -4.33. The lowest BCUT2D eigenvalue weighted by Gasteiger charge is -2.21. The summed E-state index contributed by atoms with van der Waals surface area (Å²) in [5.41, 5.74) is 7.72. The third-order valence-corrected chi connectivity index (χ3v) is 8.81. The summed E-state index contributed by atoms with van der Waals surface area (Å²) >= 11 is 1.88. The van der Waals surface area contributed by atoms with Gasteiger partial charge < -0.3 is 0 Å².